The number of piperidine rings is 1. The van der Waals surface area contributed by atoms with Gasteiger partial charge in [-0.3, -0.25) is 4.79 Å². The molecule has 0 spiro atoms. The third-order valence-electron chi connectivity index (χ3n) is 6.67. The third kappa shape index (κ3) is 5.32. The Labute approximate surface area is 204 Å². The van der Waals surface area contributed by atoms with Gasteiger partial charge in [-0.2, -0.15) is 0 Å². The number of hydrogen-bond acceptors (Lipinski definition) is 4. The minimum absolute atomic E-state index is 0.0177. The van der Waals surface area contributed by atoms with Crippen LogP contribution in [0.5, 0.6) is 0 Å². The van der Waals surface area contributed by atoms with Crippen molar-refractivity contribution in [2.45, 2.75) is 52.6 Å². The maximum Gasteiger partial charge on any atom is 0.254 e. The molecule has 174 valence electrons. The zero-order valence-corrected chi connectivity index (χ0v) is 21.2. The minimum Gasteiger partial charge on any atom is -0.340 e. The summed E-state index contributed by atoms with van der Waals surface area (Å²) in [7, 11) is 0. The van der Waals surface area contributed by atoms with Crippen LogP contribution in [-0.4, -0.2) is 35.1 Å². The molecule has 1 aliphatic heterocycles. The monoisotopic (exact) mass is 509 g/mol. The second kappa shape index (κ2) is 10.6. The van der Waals surface area contributed by atoms with E-state index in [0.717, 1.165) is 65.4 Å². The van der Waals surface area contributed by atoms with Crippen molar-refractivity contribution in [1.29, 1.82) is 0 Å². The number of benzene rings is 2. The van der Waals surface area contributed by atoms with Gasteiger partial charge in [-0.1, -0.05) is 71.3 Å². The molecule has 33 heavy (non-hydrogen) atoms. The molecule has 0 unspecified atom stereocenters. The van der Waals surface area contributed by atoms with Crippen molar-refractivity contribution >= 4 is 27.7 Å². The summed E-state index contributed by atoms with van der Waals surface area (Å²) in [6.45, 7) is 8.87. The first-order valence-electron chi connectivity index (χ1n) is 11.8. The Hall–Kier alpha value is -2.60. The van der Waals surface area contributed by atoms with Gasteiger partial charge in [0, 0.05) is 34.7 Å². The summed E-state index contributed by atoms with van der Waals surface area (Å²) >= 11 is 3.50. The van der Waals surface area contributed by atoms with Crippen molar-refractivity contribution < 1.29 is 9.32 Å². The van der Waals surface area contributed by atoms with Gasteiger partial charge in [-0.05, 0) is 50.3 Å². The van der Waals surface area contributed by atoms with Crippen LogP contribution in [0.2, 0.25) is 0 Å². The van der Waals surface area contributed by atoms with Crippen molar-refractivity contribution in [1.82, 2.24) is 10.1 Å². The highest BCUT2D eigenvalue weighted by atomic mass is 79.9. The Bertz CT molecular complexity index is 1070. The molecule has 3 aromatic rings. The van der Waals surface area contributed by atoms with Gasteiger partial charge in [0.15, 0.2) is 0 Å². The molecule has 0 saturated carbocycles. The van der Waals surface area contributed by atoms with Gasteiger partial charge in [0.2, 0.25) is 5.88 Å². The van der Waals surface area contributed by atoms with E-state index in [1.165, 1.54) is 0 Å². The zero-order valence-electron chi connectivity index (χ0n) is 19.6. The molecule has 0 N–H and O–H groups in total. The number of carbonyl (C=O) groups excluding carboxylic acids is 1. The van der Waals surface area contributed by atoms with E-state index in [9.17, 15) is 4.79 Å². The number of carbonyl (C=O) groups is 1. The van der Waals surface area contributed by atoms with E-state index < -0.39 is 0 Å². The topological polar surface area (TPSA) is 49.6 Å². The number of amides is 1. The Morgan fingerprint density at radius 1 is 1.18 bits per heavy atom. The Kier molecular flexibility index (Phi) is 7.53. The standard InChI is InChI=1S/C27H32BrN3O2/c1-4-20(3)31(26(32)22-11-8-12-23(28)17-22)18-24-25(21-9-6-5-7-10-21)29-33-27(24)30-15-13-19(2)14-16-30/h5-12,17,19-20H,4,13-16,18H2,1-3H3/t20-/m1/s1. The predicted molar refractivity (Wildman–Crippen MR) is 136 cm³/mol. The SMILES string of the molecule is CC[C@@H](C)N(Cc1c(-c2ccccc2)noc1N1CCC(C)CC1)C(=O)c1cccc(Br)c1. The average Bonchev–Trinajstić information content (AvgIpc) is 3.26. The summed E-state index contributed by atoms with van der Waals surface area (Å²) in [5, 5.41) is 4.50. The van der Waals surface area contributed by atoms with E-state index >= 15 is 0 Å². The molecule has 2 heterocycles. The Morgan fingerprint density at radius 2 is 1.91 bits per heavy atom. The normalized spacial score (nSPS) is 15.5. The van der Waals surface area contributed by atoms with Crippen LogP contribution < -0.4 is 4.90 Å². The molecular formula is C27H32BrN3O2. The number of anilines is 1. The van der Waals surface area contributed by atoms with E-state index in [0.29, 0.717) is 12.1 Å². The fraction of sp³-hybridized carbons (Fsp3) is 0.407. The van der Waals surface area contributed by atoms with Crippen LogP contribution in [0.3, 0.4) is 0 Å². The number of rotatable bonds is 7. The Morgan fingerprint density at radius 3 is 2.58 bits per heavy atom. The van der Waals surface area contributed by atoms with E-state index in [1.807, 2.05) is 59.5 Å². The van der Waals surface area contributed by atoms with Crippen LogP contribution >= 0.6 is 15.9 Å². The van der Waals surface area contributed by atoms with Crippen LogP contribution in [0.1, 0.15) is 56.0 Å². The van der Waals surface area contributed by atoms with Gasteiger partial charge in [0.25, 0.3) is 5.91 Å². The van der Waals surface area contributed by atoms with Crippen LogP contribution in [-0.2, 0) is 6.54 Å². The summed E-state index contributed by atoms with van der Waals surface area (Å²) in [6.07, 6.45) is 3.13. The molecule has 5 nitrogen and oxygen atoms in total. The number of halogens is 1. The van der Waals surface area contributed by atoms with E-state index in [1.54, 1.807) is 0 Å². The fourth-order valence-corrected chi connectivity index (χ4v) is 4.73. The highest BCUT2D eigenvalue weighted by molar-refractivity contribution is 9.10. The second-order valence-corrected chi connectivity index (χ2v) is 9.97. The Balaban J connectivity index is 1.74. The first-order valence-corrected chi connectivity index (χ1v) is 12.6. The number of nitrogens with zero attached hydrogens (tertiary/aromatic N) is 3. The lowest BCUT2D eigenvalue weighted by molar-refractivity contribution is 0.0672. The van der Waals surface area contributed by atoms with E-state index in [2.05, 4.69) is 46.8 Å². The van der Waals surface area contributed by atoms with Crippen molar-refractivity contribution in [3.8, 4) is 11.3 Å². The summed E-state index contributed by atoms with van der Waals surface area (Å²) < 4.78 is 6.87. The van der Waals surface area contributed by atoms with Crippen molar-refractivity contribution in [3.63, 3.8) is 0 Å². The number of aromatic nitrogens is 1. The highest BCUT2D eigenvalue weighted by Crippen LogP contribution is 2.35. The van der Waals surface area contributed by atoms with Crippen molar-refractivity contribution in [2.75, 3.05) is 18.0 Å². The summed E-state index contributed by atoms with van der Waals surface area (Å²) in [5.74, 6) is 1.54. The fourth-order valence-electron chi connectivity index (χ4n) is 4.33. The summed E-state index contributed by atoms with van der Waals surface area (Å²) in [5.41, 5.74) is 3.49. The smallest absolute Gasteiger partial charge is 0.254 e. The highest BCUT2D eigenvalue weighted by Gasteiger charge is 2.30. The van der Waals surface area contributed by atoms with E-state index in [-0.39, 0.29) is 11.9 Å². The zero-order chi connectivity index (χ0) is 23.4. The van der Waals surface area contributed by atoms with Crippen LogP contribution in [0.15, 0.2) is 63.6 Å². The van der Waals surface area contributed by atoms with Crippen LogP contribution in [0, 0.1) is 5.92 Å². The van der Waals surface area contributed by atoms with Crippen molar-refractivity contribution in [3.05, 3.63) is 70.2 Å². The average molecular weight is 510 g/mol. The molecule has 1 fully saturated rings. The van der Waals surface area contributed by atoms with Crippen LogP contribution in [0.25, 0.3) is 11.3 Å². The van der Waals surface area contributed by atoms with Crippen molar-refractivity contribution in [2.24, 2.45) is 5.92 Å². The molecule has 1 amide bonds. The molecule has 1 aromatic heterocycles. The second-order valence-electron chi connectivity index (χ2n) is 9.05. The van der Waals surface area contributed by atoms with E-state index in [4.69, 9.17) is 4.52 Å². The molecule has 1 saturated heterocycles. The predicted octanol–water partition coefficient (Wildman–Crippen LogP) is 6.78. The summed E-state index contributed by atoms with van der Waals surface area (Å²) in [6, 6.07) is 17.8. The lowest BCUT2D eigenvalue weighted by atomic mass is 9.98. The van der Waals surface area contributed by atoms with Gasteiger partial charge in [-0.25, -0.2) is 0 Å². The molecule has 0 bridgehead atoms. The van der Waals surface area contributed by atoms with Crippen LogP contribution in [0.4, 0.5) is 5.88 Å². The molecule has 6 heteroatoms. The lowest BCUT2D eigenvalue weighted by Crippen LogP contribution is -2.39. The maximum absolute atomic E-state index is 13.6. The van der Waals surface area contributed by atoms with Gasteiger partial charge in [0.05, 0.1) is 12.1 Å². The molecule has 2 aromatic carbocycles. The summed E-state index contributed by atoms with van der Waals surface area (Å²) in [4.78, 5) is 17.9. The molecule has 0 radical (unpaired) electrons. The van der Waals surface area contributed by atoms with Gasteiger partial charge >= 0.3 is 0 Å². The first kappa shape index (κ1) is 23.6. The molecule has 1 aliphatic rings. The van der Waals surface area contributed by atoms with Gasteiger partial charge in [-0.15, -0.1) is 0 Å². The van der Waals surface area contributed by atoms with Gasteiger partial charge < -0.3 is 14.3 Å². The first-order chi connectivity index (χ1) is 16.0. The quantitative estimate of drug-likeness (QED) is 0.352. The molecular weight excluding hydrogens is 478 g/mol. The molecule has 4 rings (SSSR count). The maximum atomic E-state index is 13.6. The lowest BCUT2D eigenvalue weighted by Gasteiger charge is -2.32. The van der Waals surface area contributed by atoms with Gasteiger partial charge in [0.1, 0.15) is 5.69 Å². The largest absolute Gasteiger partial charge is 0.340 e. The molecule has 1 atom stereocenters. The third-order valence-corrected chi connectivity index (χ3v) is 7.16. The number of hydrogen-bond donors (Lipinski definition) is 0. The minimum atomic E-state index is 0.0177. The molecule has 0 aliphatic carbocycles.